The molecule has 0 amide bonds. The van der Waals surface area contributed by atoms with E-state index < -0.39 is 5.97 Å². The first kappa shape index (κ1) is 9.63. The molecule has 0 bridgehead atoms. The van der Waals surface area contributed by atoms with E-state index in [9.17, 15) is 9.59 Å². The minimum atomic E-state index is -1.13. The molecule has 1 saturated carbocycles. The van der Waals surface area contributed by atoms with Gasteiger partial charge in [0.05, 0.1) is 5.56 Å². The number of aromatic nitrogens is 2. The van der Waals surface area contributed by atoms with Crippen LogP contribution in [0.3, 0.4) is 0 Å². The molecule has 14 heavy (non-hydrogen) atoms. The molecule has 1 aromatic rings. The first-order valence-corrected chi connectivity index (χ1v) is 5.20. The van der Waals surface area contributed by atoms with Crippen LogP contribution in [-0.2, 0) is 0 Å². The molecule has 0 radical (unpaired) electrons. The van der Waals surface area contributed by atoms with E-state index in [4.69, 9.17) is 5.11 Å². The van der Waals surface area contributed by atoms with Gasteiger partial charge in [0.2, 0.25) is 0 Å². The lowest BCUT2D eigenvalue weighted by molar-refractivity contribution is 0.0688. The van der Waals surface area contributed by atoms with Gasteiger partial charge in [-0.1, -0.05) is 0 Å². The smallest absolute Gasteiger partial charge is 0.355 e. The highest BCUT2D eigenvalue weighted by Crippen LogP contribution is 2.39. The third kappa shape index (κ3) is 1.66. The van der Waals surface area contributed by atoms with Crippen LogP contribution in [-0.4, -0.2) is 21.0 Å². The summed E-state index contributed by atoms with van der Waals surface area (Å²) in [5.41, 5.74) is -0.0807. The number of rotatable bonds is 2. The predicted molar refractivity (Wildman–Crippen MR) is 56.5 cm³/mol. The molecule has 0 atom stereocenters. The van der Waals surface area contributed by atoms with E-state index in [1.807, 2.05) is 0 Å². The van der Waals surface area contributed by atoms with E-state index >= 15 is 0 Å². The van der Waals surface area contributed by atoms with Gasteiger partial charge in [0.15, 0.2) is 9.53 Å². The summed E-state index contributed by atoms with van der Waals surface area (Å²) in [5, 5.41) is 8.87. The second-order valence-electron chi connectivity index (χ2n) is 3.20. The lowest BCUT2D eigenvalue weighted by atomic mass is 10.1. The van der Waals surface area contributed by atoms with Gasteiger partial charge in [-0.25, -0.2) is 9.78 Å². The number of carbonyl (C=O) groups is 1. The Morgan fingerprint density at radius 1 is 1.57 bits per heavy atom. The van der Waals surface area contributed by atoms with Crippen molar-refractivity contribution in [3.63, 3.8) is 0 Å². The number of carboxylic acid groups (broad SMARTS) is 1. The van der Waals surface area contributed by atoms with Crippen molar-refractivity contribution in [1.82, 2.24) is 9.97 Å². The van der Waals surface area contributed by atoms with Crippen molar-refractivity contribution in [2.75, 3.05) is 0 Å². The number of hydrogen-bond acceptors (Lipinski definition) is 3. The topological polar surface area (TPSA) is 83.0 Å². The van der Waals surface area contributed by atoms with Crippen molar-refractivity contribution in [2.24, 2.45) is 0 Å². The summed E-state index contributed by atoms with van der Waals surface area (Å²) in [6, 6.07) is 0. The Labute approximate surface area is 92.7 Å². The number of aromatic carboxylic acids is 1. The average molecular weight is 306 g/mol. The average Bonchev–Trinajstić information content (AvgIpc) is 2.85. The quantitative estimate of drug-likeness (QED) is 0.629. The molecule has 6 heteroatoms. The molecule has 74 valence electrons. The van der Waals surface area contributed by atoms with Crippen molar-refractivity contribution in [3.05, 3.63) is 25.4 Å². The van der Waals surface area contributed by atoms with Crippen LogP contribution in [0.25, 0.3) is 0 Å². The zero-order chi connectivity index (χ0) is 10.3. The molecule has 1 aromatic heterocycles. The summed E-state index contributed by atoms with van der Waals surface area (Å²) in [4.78, 5) is 28.7. The highest BCUT2D eigenvalue weighted by molar-refractivity contribution is 14.1. The van der Waals surface area contributed by atoms with Gasteiger partial charge in [-0.2, -0.15) is 0 Å². The van der Waals surface area contributed by atoms with Gasteiger partial charge in [0, 0.05) is 0 Å². The molecule has 1 aliphatic carbocycles. The van der Waals surface area contributed by atoms with Crippen LogP contribution in [0.2, 0.25) is 0 Å². The molecule has 0 spiro atoms. The predicted octanol–water partition coefficient (Wildman–Crippen LogP) is 0.950. The molecule has 1 aliphatic rings. The summed E-state index contributed by atoms with van der Waals surface area (Å²) >= 11 is 1.79. The van der Waals surface area contributed by atoms with Gasteiger partial charge in [-0.3, -0.25) is 4.79 Å². The zero-order valence-corrected chi connectivity index (χ0v) is 9.24. The Morgan fingerprint density at radius 3 is 2.71 bits per heavy atom. The zero-order valence-electron chi connectivity index (χ0n) is 7.08. The largest absolute Gasteiger partial charge is 0.476 e. The molecule has 0 unspecified atom stereocenters. The van der Waals surface area contributed by atoms with Crippen LogP contribution in [0, 0.1) is 3.83 Å². The molecule has 1 fully saturated rings. The monoisotopic (exact) mass is 306 g/mol. The van der Waals surface area contributed by atoms with E-state index in [-0.39, 0.29) is 17.2 Å². The number of H-pyrrole nitrogens is 1. The van der Waals surface area contributed by atoms with Crippen molar-refractivity contribution >= 4 is 28.6 Å². The van der Waals surface area contributed by atoms with Gasteiger partial charge in [-0.15, -0.1) is 0 Å². The van der Waals surface area contributed by atoms with Gasteiger partial charge in [0.1, 0.15) is 0 Å². The van der Waals surface area contributed by atoms with Crippen LogP contribution in [0.1, 0.15) is 34.8 Å². The first-order chi connectivity index (χ1) is 6.59. The number of nitrogens with one attached hydrogen (secondary N) is 1. The summed E-state index contributed by atoms with van der Waals surface area (Å²) in [6.45, 7) is 0. The van der Waals surface area contributed by atoms with E-state index in [1.165, 1.54) is 0 Å². The van der Waals surface area contributed by atoms with Gasteiger partial charge >= 0.3 is 5.97 Å². The summed E-state index contributed by atoms with van der Waals surface area (Å²) in [7, 11) is 0. The van der Waals surface area contributed by atoms with E-state index in [0.29, 0.717) is 9.39 Å². The molecule has 2 rings (SSSR count). The number of aromatic amines is 1. The fourth-order valence-corrected chi connectivity index (χ4v) is 1.85. The number of carboxylic acids is 1. The third-order valence-corrected chi connectivity index (χ3v) is 2.63. The van der Waals surface area contributed by atoms with Gasteiger partial charge in [-0.05, 0) is 41.4 Å². The lowest BCUT2D eigenvalue weighted by Crippen LogP contribution is -2.21. The Kier molecular flexibility index (Phi) is 2.30. The highest BCUT2D eigenvalue weighted by atomic mass is 127. The van der Waals surface area contributed by atoms with Crippen LogP contribution < -0.4 is 5.56 Å². The summed E-state index contributed by atoms with van der Waals surface area (Å²) in [5.74, 6) is -1.04. The van der Waals surface area contributed by atoms with Crippen LogP contribution in [0.15, 0.2) is 4.79 Å². The molecule has 0 saturated heterocycles. The van der Waals surface area contributed by atoms with Crippen molar-refractivity contribution in [3.8, 4) is 0 Å². The summed E-state index contributed by atoms with van der Waals surface area (Å²) < 4.78 is 0.314. The molecule has 2 N–H and O–H groups in total. The maximum Gasteiger partial charge on any atom is 0.355 e. The standard InChI is InChI=1S/C8H7IN2O3/c9-8-10-5(7(13)14)4(3-1-2-3)6(12)11-8/h3H,1-2H2,(H,13,14)(H,10,11,12). The Morgan fingerprint density at radius 2 is 2.21 bits per heavy atom. The summed E-state index contributed by atoms with van der Waals surface area (Å²) in [6.07, 6.45) is 1.76. The third-order valence-electron chi connectivity index (χ3n) is 2.11. The molecular weight excluding hydrogens is 299 g/mol. The Hall–Kier alpha value is -0.920. The van der Waals surface area contributed by atoms with Crippen molar-refractivity contribution < 1.29 is 9.90 Å². The molecular formula is C8H7IN2O3. The SMILES string of the molecule is O=C(O)c1nc(I)[nH]c(=O)c1C1CC1. The van der Waals surface area contributed by atoms with E-state index in [2.05, 4.69) is 9.97 Å². The second kappa shape index (κ2) is 3.34. The van der Waals surface area contributed by atoms with Crippen LogP contribution in [0.5, 0.6) is 0 Å². The highest BCUT2D eigenvalue weighted by Gasteiger charge is 2.32. The first-order valence-electron chi connectivity index (χ1n) is 4.12. The van der Waals surface area contributed by atoms with Crippen molar-refractivity contribution in [2.45, 2.75) is 18.8 Å². The number of halogens is 1. The fourth-order valence-electron chi connectivity index (χ4n) is 1.37. The Balaban J connectivity index is 2.65. The van der Waals surface area contributed by atoms with Crippen LogP contribution >= 0.6 is 22.6 Å². The lowest BCUT2D eigenvalue weighted by Gasteiger charge is -2.02. The second-order valence-corrected chi connectivity index (χ2v) is 4.22. The number of hydrogen-bond donors (Lipinski definition) is 2. The maximum absolute atomic E-state index is 11.5. The fraction of sp³-hybridized carbons (Fsp3) is 0.375. The molecule has 0 aliphatic heterocycles. The Bertz CT molecular complexity index is 450. The number of nitrogens with zero attached hydrogens (tertiary/aromatic N) is 1. The van der Waals surface area contributed by atoms with E-state index in [1.54, 1.807) is 22.6 Å². The molecule has 1 heterocycles. The minimum absolute atomic E-state index is 0.0920. The van der Waals surface area contributed by atoms with Gasteiger partial charge in [0.25, 0.3) is 5.56 Å². The normalized spacial score (nSPS) is 15.5. The molecule has 5 nitrogen and oxygen atoms in total. The minimum Gasteiger partial charge on any atom is -0.476 e. The van der Waals surface area contributed by atoms with E-state index in [0.717, 1.165) is 12.8 Å². The van der Waals surface area contributed by atoms with Crippen molar-refractivity contribution in [1.29, 1.82) is 0 Å². The maximum atomic E-state index is 11.5. The van der Waals surface area contributed by atoms with Crippen LogP contribution in [0.4, 0.5) is 0 Å². The van der Waals surface area contributed by atoms with Gasteiger partial charge < -0.3 is 10.1 Å². The molecule has 0 aromatic carbocycles.